The second kappa shape index (κ2) is 10.0. The lowest BCUT2D eigenvalue weighted by atomic mass is 10.2. The minimum absolute atomic E-state index is 0.0443. The molecule has 7 heteroatoms. The monoisotopic (exact) mass is 469 g/mol. The molecular weight excluding hydrogens is 446 g/mol. The number of fused-ring (bicyclic) bond motifs is 1. The topological polar surface area (TPSA) is 38.1 Å². The van der Waals surface area contributed by atoms with Gasteiger partial charge in [-0.2, -0.15) is 0 Å². The summed E-state index contributed by atoms with van der Waals surface area (Å²) < 4.78 is 2.28. The highest BCUT2D eigenvalue weighted by atomic mass is 35.5. The molecule has 0 bridgehead atoms. The lowest BCUT2D eigenvalue weighted by Crippen LogP contribution is -2.25. The number of benzene rings is 2. The van der Waals surface area contributed by atoms with E-state index in [4.69, 9.17) is 11.6 Å². The van der Waals surface area contributed by atoms with Gasteiger partial charge in [-0.3, -0.25) is 9.36 Å². The minimum Gasteiger partial charge on any atom is -0.303 e. The Kier molecular flexibility index (Phi) is 7.13. The summed E-state index contributed by atoms with van der Waals surface area (Å²) in [5, 5.41) is 0.694. The summed E-state index contributed by atoms with van der Waals surface area (Å²) in [7, 11) is 0. The summed E-state index contributed by atoms with van der Waals surface area (Å²) >= 11 is 9.30. The molecule has 4 nitrogen and oxygen atoms in total. The van der Waals surface area contributed by atoms with Crippen LogP contribution in [-0.2, 0) is 0 Å². The van der Waals surface area contributed by atoms with E-state index in [9.17, 15) is 4.79 Å². The third-order valence-electron chi connectivity index (χ3n) is 5.25. The van der Waals surface area contributed by atoms with Crippen LogP contribution in [-0.4, -0.2) is 39.8 Å². The first-order valence-corrected chi connectivity index (χ1v) is 12.5. The van der Waals surface area contributed by atoms with Crippen molar-refractivity contribution in [2.24, 2.45) is 0 Å². The molecule has 2 aromatic carbocycles. The average molecular weight is 470 g/mol. The van der Waals surface area contributed by atoms with Gasteiger partial charge in [0.2, 0.25) is 0 Å². The van der Waals surface area contributed by atoms with Crippen molar-refractivity contribution in [3.05, 3.63) is 76.3 Å². The lowest BCUT2D eigenvalue weighted by molar-refractivity contribution is 0.324. The van der Waals surface area contributed by atoms with Gasteiger partial charge in [-0.05, 0) is 61.1 Å². The number of thioether (sulfide) groups is 1. The Balaban J connectivity index is 1.54. The van der Waals surface area contributed by atoms with Crippen LogP contribution in [0.5, 0.6) is 0 Å². The Hall–Kier alpha value is -2.12. The first kappa shape index (κ1) is 22.1. The van der Waals surface area contributed by atoms with Crippen LogP contribution in [0.3, 0.4) is 0 Å². The predicted molar refractivity (Wildman–Crippen MR) is 134 cm³/mol. The smallest absolute Gasteiger partial charge is 0.275 e. The quantitative estimate of drug-likeness (QED) is 0.288. The first-order valence-electron chi connectivity index (χ1n) is 10.3. The SMILES string of the molecule is CCN(CC)CCSc1ccc(-n2cnc3cc(-c4ccc(Cl)cc4)sc3c2=O)cc1. The number of halogens is 1. The molecule has 0 N–H and O–H groups in total. The highest BCUT2D eigenvalue weighted by Gasteiger charge is 2.12. The Morgan fingerprint density at radius 2 is 1.77 bits per heavy atom. The van der Waals surface area contributed by atoms with Gasteiger partial charge in [0.15, 0.2) is 0 Å². The normalized spacial score (nSPS) is 11.5. The van der Waals surface area contributed by atoms with Gasteiger partial charge in [-0.15, -0.1) is 23.1 Å². The maximum atomic E-state index is 13.1. The molecule has 2 aromatic heterocycles. The van der Waals surface area contributed by atoms with E-state index in [0.717, 1.165) is 47.0 Å². The summed E-state index contributed by atoms with van der Waals surface area (Å²) in [4.78, 5) is 22.3. The van der Waals surface area contributed by atoms with Crippen molar-refractivity contribution >= 4 is 44.9 Å². The van der Waals surface area contributed by atoms with Gasteiger partial charge in [-0.25, -0.2) is 4.98 Å². The van der Waals surface area contributed by atoms with Crippen LogP contribution in [0.25, 0.3) is 26.3 Å². The van der Waals surface area contributed by atoms with Crippen molar-refractivity contribution in [3.8, 4) is 16.1 Å². The van der Waals surface area contributed by atoms with Crippen molar-refractivity contribution in [1.29, 1.82) is 0 Å². The summed E-state index contributed by atoms with van der Waals surface area (Å²) in [6, 6.07) is 17.7. The van der Waals surface area contributed by atoms with E-state index in [-0.39, 0.29) is 5.56 Å². The van der Waals surface area contributed by atoms with Gasteiger partial charge in [0, 0.05) is 27.1 Å². The van der Waals surface area contributed by atoms with Crippen LogP contribution >= 0.6 is 34.7 Å². The van der Waals surface area contributed by atoms with E-state index in [1.54, 1.807) is 10.9 Å². The molecule has 0 unspecified atom stereocenters. The van der Waals surface area contributed by atoms with Crippen LogP contribution < -0.4 is 5.56 Å². The van der Waals surface area contributed by atoms with Gasteiger partial charge >= 0.3 is 0 Å². The van der Waals surface area contributed by atoms with Crippen LogP contribution in [0.4, 0.5) is 0 Å². The zero-order valence-corrected chi connectivity index (χ0v) is 19.9. The van der Waals surface area contributed by atoms with Gasteiger partial charge in [-0.1, -0.05) is 37.6 Å². The molecule has 0 radical (unpaired) electrons. The molecule has 160 valence electrons. The van der Waals surface area contributed by atoms with E-state index >= 15 is 0 Å². The minimum atomic E-state index is -0.0443. The molecule has 4 aromatic rings. The van der Waals surface area contributed by atoms with E-state index in [1.165, 1.54) is 16.2 Å². The highest BCUT2D eigenvalue weighted by Crippen LogP contribution is 2.31. The van der Waals surface area contributed by atoms with E-state index in [2.05, 4.69) is 35.9 Å². The molecule has 2 heterocycles. The van der Waals surface area contributed by atoms with Crippen molar-refractivity contribution in [2.75, 3.05) is 25.4 Å². The van der Waals surface area contributed by atoms with Crippen LogP contribution in [0, 0.1) is 0 Å². The molecule has 0 fully saturated rings. The van der Waals surface area contributed by atoms with Crippen molar-refractivity contribution in [2.45, 2.75) is 18.7 Å². The maximum Gasteiger partial charge on any atom is 0.275 e. The van der Waals surface area contributed by atoms with Gasteiger partial charge in [0.05, 0.1) is 11.2 Å². The third kappa shape index (κ3) is 5.04. The first-order chi connectivity index (χ1) is 15.1. The molecule has 0 aliphatic heterocycles. The summed E-state index contributed by atoms with van der Waals surface area (Å²) in [5.41, 5.74) is 2.54. The van der Waals surface area contributed by atoms with Crippen LogP contribution in [0.15, 0.2) is 70.6 Å². The average Bonchev–Trinajstić information content (AvgIpc) is 3.23. The van der Waals surface area contributed by atoms with E-state index in [0.29, 0.717) is 9.72 Å². The van der Waals surface area contributed by atoms with E-state index in [1.807, 2.05) is 54.2 Å². The van der Waals surface area contributed by atoms with Crippen LogP contribution in [0.2, 0.25) is 5.02 Å². The Labute approximate surface area is 195 Å². The molecule has 0 saturated carbocycles. The van der Waals surface area contributed by atoms with Crippen LogP contribution in [0.1, 0.15) is 13.8 Å². The van der Waals surface area contributed by atoms with Crippen molar-refractivity contribution < 1.29 is 0 Å². The number of rotatable bonds is 8. The Morgan fingerprint density at radius 3 is 2.45 bits per heavy atom. The number of thiophene rings is 1. The van der Waals surface area contributed by atoms with E-state index < -0.39 is 0 Å². The number of aromatic nitrogens is 2. The maximum absolute atomic E-state index is 13.1. The third-order valence-corrected chi connectivity index (χ3v) is 7.66. The van der Waals surface area contributed by atoms with Crippen molar-refractivity contribution in [3.63, 3.8) is 0 Å². The molecule has 0 aliphatic rings. The molecule has 4 rings (SSSR count). The highest BCUT2D eigenvalue weighted by molar-refractivity contribution is 7.99. The standard InChI is InChI=1S/C24H24ClN3OS2/c1-3-27(4-2)13-14-30-20-11-9-19(10-12-20)28-16-26-21-15-22(31-23(21)24(28)29)17-5-7-18(25)8-6-17/h5-12,15-16H,3-4,13-14H2,1-2H3. The number of hydrogen-bond acceptors (Lipinski definition) is 5. The number of nitrogens with zero attached hydrogens (tertiary/aromatic N) is 3. The summed E-state index contributed by atoms with van der Waals surface area (Å²) in [6.45, 7) is 7.62. The fourth-order valence-corrected chi connectivity index (χ4v) is 5.47. The molecule has 31 heavy (non-hydrogen) atoms. The summed E-state index contributed by atoms with van der Waals surface area (Å²) in [6.07, 6.45) is 1.62. The lowest BCUT2D eigenvalue weighted by Gasteiger charge is -2.17. The molecule has 0 aliphatic carbocycles. The second-order valence-electron chi connectivity index (χ2n) is 7.12. The predicted octanol–water partition coefficient (Wildman–Crippen LogP) is 6.20. The second-order valence-corrected chi connectivity index (χ2v) is 9.78. The zero-order chi connectivity index (χ0) is 21.8. The fourth-order valence-electron chi connectivity index (χ4n) is 3.39. The van der Waals surface area contributed by atoms with Gasteiger partial charge in [0.25, 0.3) is 5.56 Å². The Bertz CT molecular complexity index is 1210. The molecular formula is C24H24ClN3OS2. The fraction of sp³-hybridized carbons (Fsp3) is 0.250. The zero-order valence-electron chi connectivity index (χ0n) is 17.5. The molecule has 0 amide bonds. The number of hydrogen-bond donors (Lipinski definition) is 0. The largest absolute Gasteiger partial charge is 0.303 e. The van der Waals surface area contributed by atoms with Gasteiger partial charge in [0.1, 0.15) is 11.0 Å². The molecule has 0 atom stereocenters. The Morgan fingerprint density at radius 1 is 1.06 bits per heavy atom. The summed E-state index contributed by atoms with van der Waals surface area (Å²) in [5.74, 6) is 1.05. The molecule has 0 spiro atoms. The van der Waals surface area contributed by atoms with Gasteiger partial charge < -0.3 is 4.90 Å². The molecule has 0 saturated heterocycles. The van der Waals surface area contributed by atoms with Crippen molar-refractivity contribution in [1.82, 2.24) is 14.5 Å².